The van der Waals surface area contributed by atoms with Crippen LogP contribution in [0.3, 0.4) is 0 Å². The number of hydrogen-bond acceptors (Lipinski definition) is 4. The summed E-state index contributed by atoms with van der Waals surface area (Å²) < 4.78 is 15.7. The number of ether oxygens (including phenoxy) is 3. The van der Waals surface area contributed by atoms with Gasteiger partial charge in [-0.3, -0.25) is 0 Å². The molecule has 0 radical (unpaired) electrons. The third kappa shape index (κ3) is 3.83. The Bertz CT molecular complexity index is 634. The molecule has 4 heteroatoms. The first kappa shape index (κ1) is 15.1. The summed E-state index contributed by atoms with van der Waals surface area (Å²) in [7, 11) is 3.16. The van der Waals surface area contributed by atoms with E-state index in [2.05, 4.69) is 0 Å². The number of esters is 1. The molecule has 0 spiro atoms. The third-order valence-electron chi connectivity index (χ3n) is 3.00. The van der Waals surface area contributed by atoms with Gasteiger partial charge in [0, 0.05) is 7.11 Å². The van der Waals surface area contributed by atoms with Crippen molar-refractivity contribution in [2.75, 3.05) is 14.2 Å². The summed E-state index contributed by atoms with van der Waals surface area (Å²) in [5.74, 6) is 0.525. The van der Waals surface area contributed by atoms with Crippen LogP contribution >= 0.6 is 0 Å². The predicted molar refractivity (Wildman–Crippen MR) is 79.8 cm³/mol. The topological polar surface area (TPSA) is 44.8 Å². The van der Waals surface area contributed by atoms with Gasteiger partial charge in [0.15, 0.2) is 11.5 Å². The van der Waals surface area contributed by atoms with E-state index >= 15 is 0 Å². The van der Waals surface area contributed by atoms with Crippen LogP contribution in [0.1, 0.15) is 21.5 Å². The van der Waals surface area contributed by atoms with Gasteiger partial charge in [-0.15, -0.1) is 0 Å². The van der Waals surface area contributed by atoms with E-state index in [1.807, 2.05) is 25.1 Å². The molecule has 0 saturated heterocycles. The van der Waals surface area contributed by atoms with Gasteiger partial charge in [-0.25, -0.2) is 4.79 Å². The Morgan fingerprint density at radius 3 is 2.57 bits per heavy atom. The van der Waals surface area contributed by atoms with Gasteiger partial charge in [0.2, 0.25) is 0 Å². The molecular weight excluding hydrogens is 268 g/mol. The summed E-state index contributed by atoms with van der Waals surface area (Å²) >= 11 is 0. The molecule has 0 aliphatic carbocycles. The number of carbonyl (C=O) groups excluding carboxylic acids is 1. The van der Waals surface area contributed by atoms with Crippen LogP contribution < -0.4 is 9.47 Å². The Hall–Kier alpha value is -2.33. The van der Waals surface area contributed by atoms with Gasteiger partial charge >= 0.3 is 5.97 Å². The molecule has 0 aliphatic heterocycles. The molecule has 0 N–H and O–H groups in total. The Balaban J connectivity index is 2.20. The highest BCUT2D eigenvalue weighted by molar-refractivity contribution is 5.91. The molecule has 2 aromatic carbocycles. The third-order valence-corrected chi connectivity index (χ3v) is 3.00. The molecule has 2 aromatic rings. The largest absolute Gasteiger partial charge is 0.493 e. The fraction of sp³-hybridized carbons (Fsp3) is 0.235. The van der Waals surface area contributed by atoms with E-state index in [0.717, 1.165) is 11.1 Å². The molecule has 4 nitrogen and oxygen atoms in total. The van der Waals surface area contributed by atoms with Crippen LogP contribution in [0, 0.1) is 6.92 Å². The quantitative estimate of drug-likeness (QED) is 0.624. The summed E-state index contributed by atoms with van der Waals surface area (Å²) in [5, 5.41) is 0. The average Bonchev–Trinajstić information content (AvgIpc) is 2.49. The van der Waals surface area contributed by atoms with Crippen molar-refractivity contribution < 1.29 is 19.0 Å². The van der Waals surface area contributed by atoms with E-state index in [9.17, 15) is 4.79 Å². The van der Waals surface area contributed by atoms with Crippen LogP contribution in [0.5, 0.6) is 11.5 Å². The van der Waals surface area contributed by atoms with Crippen LogP contribution in [0.25, 0.3) is 0 Å². The van der Waals surface area contributed by atoms with E-state index < -0.39 is 5.97 Å². The van der Waals surface area contributed by atoms with E-state index in [-0.39, 0.29) is 0 Å². The molecule has 0 fully saturated rings. The number of benzene rings is 2. The lowest BCUT2D eigenvalue weighted by Gasteiger charge is -2.10. The number of hydrogen-bond donors (Lipinski definition) is 0. The van der Waals surface area contributed by atoms with Gasteiger partial charge in [-0.2, -0.15) is 0 Å². The van der Waals surface area contributed by atoms with Crippen LogP contribution in [-0.2, 0) is 11.3 Å². The number of carbonyl (C=O) groups is 1. The van der Waals surface area contributed by atoms with Crippen LogP contribution in [-0.4, -0.2) is 20.2 Å². The molecule has 0 aromatic heterocycles. The zero-order valence-corrected chi connectivity index (χ0v) is 12.4. The van der Waals surface area contributed by atoms with Crippen molar-refractivity contribution >= 4 is 5.97 Å². The number of methoxy groups -OCH3 is 2. The second-order valence-corrected chi connectivity index (χ2v) is 4.68. The molecule has 2 rings (SSSR count). The summed E-state index contributed by atoms with van der Waals surface area (Å²) in [4.78, 5) is 12.2. The van der Waals surface area contributed by atoms with Gasteiger partial charge in [0.05, 0.1) is 19.3 Å². The van der Waals surface area contributed by atoms with E-state index in [0.29, 0.717) is 23.7 Å². The minimum absolute atomic E-state index is 0.408. The van der Waals surface area contributed by atoms with Gasteiger partial charge in [-0.05, 0) is 42.3 Å². The Morgan fingerprint density at radius 1 is 1.05 bits per heavy atom. The zero-order valence-electron chi connectivity index (χ0n) is 12.4. The molecular formula is C17H18O4. The van der Waals surface area contributed by atoms with Gasteiger partial charge in [0.1, 0.15) is 0 Å². The maximum Gasteiger partial charge on any atom is 0.343 e. The summed E-state index contributed by atoms with van der Waals surface area (Å²) in [6.07, 6.45) is 0. The highest BCUT2D eigenvalue weighted by Gasteiger charge is 2.12. The second-order valence-electron chi connectivity index (χ2n) is 4.68. The highest BCUT2D eigenvalue weighted by Crippen LogP contribution is 2.28. The first-order chi connectivity index (χ1) is 10.1. The highest BCUT2D eigenvalue weighted by atomic mass is 16.6. The monoisotopic (exact) mass is 286 g/mol. The minimum Gasteiger partial charge on any atom is -0.493 e. The maximum atomic E-state index is 12.2. The fourth-order valence-electron chi connectivity index (χ4n) is 1.97. The summed E-state index contributed by atoms with van der Waals surface area (Å²) in [5.41, 5.74) is 2.43. The molecule has 21 heavy (non-hydrogen) atoms. The lowest BCUT2D eigenvalue weighted by atomic mass is 10.1. The van der Waals surface area contributed by atoms with Crippen molar-refractivity contribution in [1.82, 2.24) is 0 Å². The molecule has 0 atom stereocenters. The molecule has 0 aliphatic rings. The Morgan fingerprint density at radius 2 is 1.86 bits per heavy atom. The summed E-state index contributed by atoms with van der Waals surface area (Å²) in [6.45, 7) is 2.40. The fourth-order valence-corrected chi connectivity index (χ4v) is 1.97. The summed E-state index contributed by atoms with van der Waals surface area (Å²) in [6, 6.07) is 12.6. The molecule has 0 saturated carbocycles. The normalized spacial score (nSPS) is 10.2. The van der Waals surface area contributed by atoms with Crippen molar-refractivity contribution in [3.8, 4) is 11.5 Å². The molecule has 0 bridgehead atoms. The van der Waals surface area contributed by atoms with Gasteiger partial charge < -0.3 is 14.2 Å². The average molecular weight is 286 g/mol. The Kier molecular flexibility index (Phi) is 4.95. The molecule has 110 valence electrons. The number of rotatable bonds is 5. The van der Waals surface area contributed by atoms with E-state index in [1.54, 1.807) is 38.5 Å². The zero-order chi connectivity index (χ0) is 15.2. The van der Waals surface area contributed by atoms with Crippen molar-refractivity contribution in [3.63, 3.8) is 0 Å². The van der Waals surface area contributed by atoms with E-state index in [1.165, 1.54) is 0 Å². The van der Waals surface area contributed by atoms with Crippen molar-refractivity contribution in [2.24, 2.45) is 0 Å². The minimum atomic E-state index is -0.421. The van der Waals surface area contributed by atoms with Gasteiger partial charge in [-0.1, -0.05) is 18.2 Å². The Labute approximate surface area is 124 Å². The van der Waals surface area contributed by atoms with Crippen molar-refractivity contribution in [3.05, 3.63) is 59.2 Å². The lowest BCUT2D eigenvalue weighted by Crippen LogP contribution is -2.09. The van der Waals surface area contributed by atoms with Crippen LogP contribution in [0.2, 0.25) is 0 Å². The van der Waals surface area contributed by atoms with Crippen molar-refractivity contribution in [2.45, 2.75) is 13.5 Å². The molecule has 0 heterocycles. The smallest absolute Gasteiger partial charge is 0.343 e. The first-order valence-corrected chi connectivity index (χ1v) is 6.58. The lowest BCUT2D eigenvalue weighted by molar-refractivity contribution is 0.0729. The predicted octanol–water partition coefficient (Wildman–Crippen LogP) is 3.37. The van der Waals surface area contributed by atoms with E-state index in [4.69, 9.17) is 14.2 Å². The molecule has 0 unspecified atom stereocenters. The van der Waals surface area contributed by atoms with Crippen LogP contribution in [0.4, 0.5) is 0 Å². The van der Waals surface area contributed by atoms with Crippen molar-refractivity contribution in [1.29, 1.82) is 0 Å². The maximum absolute atomic E-state index is 12.2. The van der Waals surface area contributed by atoms with Crippen LogP contribution in [0.15, 0.2) is 42.5 Å². The SMILES string of the molecule is COCc1cccc(C(=O)Oc2ccc(C)cc2OC)c1. The molecule has 0 amide bonds. The first-order valence-electron chi connectivity index (χ1n) is 6.58. The van der Waals surface area contributed by atoms with Gasteiger partial charge in [0.25, 0.3) is 0 Å². The second kappa shape index (κ2) is 6.90. The standard InChI is InChI=1S/C17H18O4/c1-12-7-8-15(16(9-12)20-3)21-17(18)14-6-4-5-13(10-14)11-19-2/h4-10H,11H2,1-3H3. The number of aryl methyl sites for hydroxylation is 1.